The lowest BCUT2D eigenvalue weighted by atomic mass is 10.1. The first-order valence-electron chi connectivity index (χ1n) is 13.1. The van der Waals surface area contributed by atoms with Crippen molar-refractivity contribution in [3.8, 4) is 22.9 Å². The summed E-state index contributed by atoms with van der Waals surface area (Å²) in [6.07, 6.45) is 3.54. The van der Waals surface area contributed by atoms with E-state index < -0.39 is 0 Å². The molecule has 6 nitrogen and oxygen atoms in total. The number of nitrogens with zero attached hydrogens (tertiary/aromatic N) is 4. The highest BCUT2D eigenvalue weighted by Gasteiger charge is 2.11. The van der Waals surface area contributed by atoms with Gasteiger partial charge in [0, 0.05) is 23.6 Å². The molecular formula is C34H20F2N4O2. The quantitative estimate of drug-likeness (QED) is 0.192. The van der Waals surface area contributed by atoms with Gasteiger partial charge >= 0.3 is 0 Å². The fraction of sp³-hybridized carbons (Fsp3) is 0. The average Bonchev–Trinajstić information content (AvgIpc) is 3.63. The van der Waals surface area contributed by atoms with Crippen LogP contribution in [0.15, 0.2) is 128 Å². The molecule has 0 saturated carbocycles. The summed E-state index contributed by atoms with van der Waals surface area (Å²) in [4.78, 5) is 18.1. The monoisotopic (exact) mass is 554 g/mol. The van der Waals surface area contributed by atoms with Gasteiger partial charge in [-0.15, -0.1) is 0 Å². The topological polar surface area (TPSA) is 76.8 Å². The number of benzene rings is 5. The van der Waals surface area contributed by atoms with Crippen LogP contribution in [0.3, 0.4) is 0 Å². The Morgan fingerprint density at radius 3 is 1.40 bits per heavy atom. The van der Waals surface area contributed by atoms with Crippen molar-refractivity contribution in [2.75, 3.05) is 0 Å². The Balaban J connectivity index is 1.04. The van der Waals surface area contributed by atoms with Crippen molar-refractivity contribution in [3.63, 3.8) is 0 Å². The number of hydrogen-bond donors (Lipinski definition) is 0. The highest BCUT2D eigenvalue weighted by Crippen LogP contribution is 2.29. The van der Waals surface area contributed by atoms with E-state index in [1.807, 2.05) is 48.5 Å². The summed E-state index contributed by atoms with van der Waals surface area (Å²) in [7, 11) is 0. The molecule has 0 unspecified atom stereocenters. The molecule has 8 heteroatoms. The number of oxazole rings is 2. The molecule has 7 aromatic rings. The predicted molar refractivity (Wildman–Crippen MR) is 160 cm³/mol. The van der Waals surface area contributed by atoms with Gasteiger partial charge in [-0.2, -0.15) is 0 Å². The van der Waals surface area contributed by atoms with E-state index >= 15 is 0 Å². The maximum Gasteiger partial charge on any atom is 0.227 e. The Hall–Kier alpha value is -5.76. The summed E-state index contributed by atoms with van der Waals surface area (Å²) >= 11 is 0. The molecule has 0 atom stereocenters. The third-order valence-electron chi connectivity index (χ3n) is 6.55. The second kappa shape index (κ2) is 10.7. The Kier molecular flexibility index (Phi) is 6.41. The molecule has 5 aromatic carbocycles. The smallest absolute Gasteiger partial charge is 0.227 e. The van der Waals surface area contributed by atoms with Crippen molar-refractivity contribution < 1.29 is 17.6 Å². The van der Waals surface area contributed by atoms with Gasteiger partial charge in [0.05, 0.1) is 11.4 Å². The van der Waals surface area contributed by atoms with E-state index in [9.17, 15) is 8.78 Å². The van der Waals surface area contributed by atoms with Crippen molar-refractivity contribution in [1.82, 2.24) is 9.97 Å². The van der Waals surface area contributed by atoms with Gasteiger partial charge in [-0.25, -0.2) is 18.7 Å². The van der Waals surface area contributed by atoms with Crippen LogP contribution in [0.4, 0.5) is 20.2 Å². The molecule has 2 heterocycles. The second-order valence-corrected chi connectivity index (χ2v) is 9.55. The van der Waals surface area contributed by atoms with Crippen LogP contribution in [0.5, 0.6) is 0 Å². The van der Waals surface area contributed by atoms with Crippen LogP contribution >= 0.6 is 0 Å². The zero-order valence-corrected chi connectivity index (χ0v) is 21.9. The molecule has 0 amide bonds. The van der Waals surface area contributed by atoms with E-state index in [4.69, 9.17) is 8.83 Å². The van der Waals surface area contributed by atoms with Gasteiger partial charge in [-0.3, -0.25) is 9.98 Å². The molecule has 0 aliphatic heterocycles. The van der Waals surface area contributed by atoms with E-state index in [0.29, 0.717) is 45.1 Å². The highest BCUT2D eigenvalue weighted by molar-refractivity contribution is 5.88. The molecule has 0 saturated heterocycles. The second-order valence-electron chi connectivity index (χ2n) is 9.55. The fourth-order valence-corrected chi connectivity index (χ4v) is 4.45. The SMILES string of the molecule is Fc1cccc(-c2nc3cc(N=Cc4ccc(C=Nc5ccc6oc(-c7cccc(F)c7)nc6c5)cc4)ccc3o2)c1. The first-order chi connectivity index (χ1) is 20.6. The van der Waals surface area contributed by atoms with E-state index in [0.717, 1.165) is 22.5 Å². The zero-order chi connectivity index (χ0) is 28.5. The van der Waals surface area contributed by atoms with Crippen LogP contribution in [0, 0.1) is 11.6 Å². The summed E-state index contributed by atoms with van der Waals surface area (Å²) in [5.41, 5.74) is 6.92. The summed E-state index contributed by atoms with van der Waals surface area (Å²) in [5, 5.41) is 0. The van der Waals surface area contributed by atoms with E-state index in [-0.39, 0.29) is 11.6 Å². The van der Waals surface area contributed by atoms with Gasteiger partial charge in [0.25, 0.3) is 0 Å². The molecule has 0 spiro atoms. The zero-order valence-electron chi connectivity index (χ0n) is 21.9. The summed E-state index contributed by atoms with van der Waals surface area (Å²) in [6.45, 7) is 0. The van der Waals surface area contributed by atoms with Gasteiger partial charge in [-0.1, -0.05) is 36.4 Å². The third kappa shape index (κ3) is 5.33. The van der Waals surface area contributed by atoms with Gasteiger partial charge in [-0.05, 0) is 83.9 Å². The molecule has 202 valence electrons. The van der Waals surface area contributed by atoms with Crippen LogP contribution in [0.1, 0.15) is 11.1 Å². The van der Waals surface area contributed by atoms with E-state index in [1.54, 1.807) is 48.8 Å². The van der Waals surface area contributed by atoms with Crippen molar-refractivity contribution in [3.05, 3.63) is 132 Å². The lowest BCUT2D eigenvalue weighted by Crippen LogP contribution is -1.84. The maximum atomic E-state index is 13.6. The molecule has 0 radical (unpaired) electrons. The number of fused-ring (bicyclic) bond motifs is 2. The third-order valence-corrected chi connectivity index (χ3v) is 6.55. The number of hydrogen-bond acceptors (Lipinski definition) is 6. The number of rotatable bonds is 6. The van der Waals surface area contributed by atoms with Crippen molar-refractivity contribution in [1.29, 1.82) is 0 Å². The molecular weight excluding hydrogens is 534 g/mol. The molecule has 0 N–H and O–H groups in total. The predicted octanol–water partition coefficient (Wildman–Crippen LogP) is 9.08. The standard InChI is InChI=1S/C34H20F2N4O2/c35-25-5-1-3-23(15-25)33-39-29-17-27(11-13-31(29)41-33)37-19-21-7-9-22(10-8-21)20-38-28-12-14-32-30(18-28)40-34(42-32)24-4-2-6-26(36)16-24/h1-20H. The van der Waals surface area contributed by atoms with Gasteiger partial charge in [0.15, 0.2) is 11.2 Å². The van der Waals surface area contributed by atoms with Crippen LogP contribution < -0.4 is 0 Å². The maximum absolute atomic E-state index is 13.6. The fourth-order valence-electron chi connectivity index (χ4n) is 4.45. The Labute approximate surface area is 238 Å². The van der Waals surface area contributed by atoms with Crippen LogP contribution in [-0.2, 0) is 0 Å². The summed E-state index contributed by atoms with van der Waals surface area (Å²) in [6, 6.07) is 31.0. The minimum atomic E-state index is -0.345. The van der Waals surface area contributed by atoms with Crippen LogP contribution in [0.2, 0.25) is 0 Å². The summed E-state index contributed by atoms with van der Waals surface area (Å²) in [5.74, 6) is 0.0281. The lowest BCUT2D eigenvalue weighted by Gasteiger charge is -1.97. The van der Waals surface area contributed by atoms with Gasteiger partial charge in [0.1, 0.15) is 22.7 Å². The normalized spacial score (nSPS) is 11.9. The molecule has 0 aliphatic carbocycles. The minimum absolute atomic E-state index is 0.345. The molecule has 7 rings (SSSR count). The van der Waals surface area contributed by atoms with Crippen molar-refractivity contribution in [2.24, 2.45) is 9.98 Å². The molecule has 0 aliphatic rings. The Morgan fingerprint density at radius 2 is 0.976 bits per heavy atom. The van der Waals surface area contributed by atoms with E-state index in [2.05, 4.69) is 20.0 Å². The molecule has 0 fully saturated rings. The number of halogens is 2. The first kappa shape index (κ1) is 25.2. The lowest BCUT2D eigenvalue weighted by molar-refractivity contribution is 0.611. The minimum Gasteiger partial charge on any atom is -0.436 e. The van der Waals surface area contributed by atoms with E-state index in [1.165, 1.54) is 24.3 Å². The molecule has 2 aromatic heterocycles. The van der Waals surface area contributed by atoms with Gasteiger partial charge < -0.3 is 8.83 Å². The summed E-state index contributed by atoms with van der Waals surface area (Å²) < 4.78 is 38.7. The van der Waals surface area contributed by atoms with Crippen LogP contribution in [0.25, 0.3) is 45.1 Å². The van der Waals surface area contributed by atoms with Gasteiger partial charge in [0.2, 0.25) is 11.8 Å². The molecule has 0 bridgehead atoms. The van der Waals surface area contributed by atoms with Crippen molar-refractivity contribution >= 4 is 46.0 Å². The number of aliphatic imine (C=N–C) groups is 2. The first-order valence-corrected chi connectivity index (χ1v) is 13.1. The highest BCUT2D eigenvalue weighted by atomic mass is 19.1. The average molecular weight is 555 g/mol. The van der Waals surface area contributed by atoms with Crippen LogP contribution in [-0.4, -0.2) is 22.4 Å². The Morgan fingerprint density at radius 1 is 0.524 bits per heavy atom. The molecule has 42 heavy (non-hydrogen) atoms. The largest absolute Gasteiger partial charge is 0.436 e. The van der Waals surface area contributed by atoms with Crippen molar-refractivity contribution in [2.45, 2.75) is 0 Å². The Bertz CT molecular complexity index is 1980. The number of aromatic nitrogens is 2.